The molecule has 1 aliphatic rings. The lowest BCUT2D eigenvalue weighted by Gasteiger charge is -2.39. The first-order valence-corrected chi connectivity index (χ1v) is 10.5. The molecule has 1 heterocycles. The maximum absolute atomic E-state index is 13.5. The van der Waals surface area contributed by atoms with Gasteiger partial charge in [0.15, 0.2) is 5.78 Å². The van der Waals surface area contributed by atoms with Crippen LogP contribution in [-0.2, 0) is 0 Å². The Bertz CT molecular complexity index is 784. The van der Waals surface area contributed by atoms with Crippen LogP contribution in [0, 0.1) is 19.8 Å². The highest BCUT2D eigenvalue weighted by Gasteiger charge is 2.36. The van der Waals surface area contributed by atoms with Gasteiger partial charge in [0.05, 0.1) is 0 Å². The van der Waals surface area contributed by atoms with Crippen molar-refractivity contribution >= 4 is 5.78 Å². The van der Waals surface area contributed by atoms with E-state index in [1.165, 1.54) is 16.7 Å². The van der Waals surface area contributed by atoms with Crippen molar-refractivity contribution in [3.05, 3.63) is 70.8 Å². The third-order valence-corrected chi connectivity index (χ3v) is 6.22. The Kier molecular flexibility index (Phi) is 7.03. The smallest absolute Gasteiger partial charge is 0.167 e. The number of carbonyl (C=O) groups is 1. The van der Waals surface area contributed by atoms with Gasteiger partial charge in [0.2, 0.25) is 0 Å². The minimum absolute atomic E-state index is 0.0241. The predicted octanol–water partition coefficient (Wildman–Crippen LogP) is 4.54. The molecule has 0 saturated carbocycles. The van der Waals surface area contributed by atoms with Crippen LogP contribution in [0.4, 0.5) is 0 Å². The number of likely N-dealkylation sites (tertiary alicyclic amines) is 1. The van der Waals surface area contributed by atoms with Crippen molar-refractivity contribution in [2.45, 2.75) is 32.6 Å². The SMILES string of the molecule is Cc1cccc([C@H]2CCN(CCCN(C)C)C[C@H]2C(=O)c2ccccc2)c1C. The molecule has 3 heteroatoms. The zero-order valence-electron chi connectivity index (χ0n) is 17.8. The first-order valence-electron chi connectivity index (χ1n) is 10.5. The fraction of sp³-hybridized carbons (Fsp3) is 0.480. The standard InChI is InChI=1S/C25H34N2O/c1-19-10-8-13-22(20(19)2)23-14-17-27(16-9-15-26(3)4)18-24(23)25(28)21-11-6-5-7-12-21/h5-8,10-13,23-24H,9,14-18H2,1-4H3/t23-,24-/m1/s1. The predicted molar refractivity (Wildman–Crippen MR) is 117 cm³/mol. The Morgan fingerprint density at radius 3 is 2.54 bits per heavy atom. The van der Waals surface area contributed by atoms with E-state index < -0.39 is 0 Å². The molecular formula is C25H34N2O. The molecule has 150 valence electrons. The van der Waals surface area contributed by atoms with Crippen LogP contribution < -0.4 is 0 Å². The number of nitrogens with zero attached hydrogens (tertiary/aromatic N) is 2. The Balaban J connectivity index is 1.84. The molecule has 2 aromatic rings. The minimum Gasteiger partial charge on any atom is -0.309 e. The summed E-state index contributed by atoms with van der Waals surface area (Å²) in [6.45, 7) is 8.47. The van der Waals surface area contributed by atoms with Crippen molar-refractivity contribution in [1.29, 1.82) is 0 Å². The molecule has 0 aliphatic carbocycles. The number of carbonyl (C=O) groups excluding carboxylic acids is 1. The molecule has 28 heavy (non-hydrogen) atoms. The van der Waals surface area contributed by atoms with Gasteiger partial charge in [-0.15, -0.1) is 0 Å². The summed E-state index contributed by atoms with van der Waals surface area (Å²) in [7, 11) is 4.24. The molecule has 2 aromatic carbocycles. The Labute approximate surface area is 170 Å². The van der Waals surface area contributed by atoms with E-state index in [4.69, 9.17) is 0 Å². The number of ketones is 1. The van der Waals surface area contributed by atoms with Gasteiger partial charge in [-0.25, -0.2) is 0 Å². The zero-order valence-corrected chi connectivity index (χ0v) is 17.8. The van der Waals surface area contributed by atoms with Crippen LogP contribution in [0.3, 0.4) is 0 Å². The van der Waals surface area contributed by atoms with Crippen LogP contribution in [-0.4, -0.2) is 55.9 Å². The molecule has 2 atom stereocenters. The van der Waals surface area contributed by atoms with Crippen LogP contribution in [0.25, 0.3) is 0 Å². The van der Waals surface area contributed by atoms with Crippen LogP contribution in [0.1, 0.15) is 45.8 Å². The van der Waals surface area contributed by atoms with Crippen molar-refractivity contribution in [3.8, 4) is 0 Å². The Morgan fingerprint density at radius 2 is 1.82 bits per heavy atom. The number of hydrogen-bond donors (Lipinski definition) is 0. The Hall–Kier alpha value is -1.97. The highest BCUT2D eigenvalue weighted by atomic mass is 16.1. The van der Waals surface area contributed by atoms with E-state index in [1.54, 1.807) is 0 Å². The molecular weight excluding hydrogens is 344 g/mol. The lowest BCUT2D eigenvalue weighted by Crippen LogP contribution is -2.44. The summed E-state index contributed by atoms with van der Waals surface area (Å²) < 4.78 is 0. The first-order chi connectivity index (χ1) is 13.5. The topological polar surface area (TPSA) is 23.6 Å². The molecule has 0 unspecified atom stereocenters. The maximum Gasteiger partial charge on any atom is 0.167 e. The Morgan fingerprint density at radius 1 is 1.07 bits per heavy atom. The van der Waals surface area contributed by atoms with Crippen LogP contribution in [0.5, 0.6) is 0 Å². The molecule has 0 radical (unpaired) electrons. The fourth-order valence-electron chi connectivity index (χ4n) is 4.46. The van der Waals surface area contributed by atoms with Gasteiger partial charge in [-0.1, -0.05) is 48.5 Å². The molecule has 0 spiro atoms. The number of benzene rings is 2. The normalized spacial score (nSPS) is 20.5. The molecule has 1 saturated heterocycles. The molecule has 0 amide bonds. The minimum atomic E-state index is 0.0241. The second-order valence-electron chi connectivity index (χ2n) is 8.48. The molecule has 0 bridgehead atoms. The zero-order chi connectivity index (χ0) is 20.1. The summed E-state index contributed by atoms with van der Waals surface area (Å²) >= 11 is 0. The van der Waals surface area contributed by atoms with Gasteiger partial charge in [0.25, 0.3) is 0 Å². The van der Waals surface area contributed by atoms with Gasteiger partial charge in [-0.2, -0.15) is 0 Å². The van der Waals surface area contributed by atoms with Gasteiger partial charge in [0, 0.05) is 18.0 Å². The fourth-order valence-corrected chi connectivity index (χ4v) is 4.46. The molecule has 3 rings (SSSR count). The van der Waals surface area contributed by atoms with E-state index in [9.17, 15) is 4.79 Å². The maximum atomic E-state index is 13.5. The molecule has 0 N–H and O–H groups in total. The molecule has 1 fully saturated rings. The van der Waals surface area contributed by atoms with Gasteiger partial charge in [-0.3, -0.25) is 4.79 Å². The summed E-state index contributed by atoms with van der Waals surface area (Å²) in [6.07, 6.45) is 2.20. The van der Waals surface area contributed by atoms with E-state index >= 15 is 0 Å². The molecule has 0 aromatic heterocycles. The summed E-state index contributed by atoms with van der Waals surface area (Å²) in [5.41, 5.74) is 4.87. The van der Waals surface area contributed by atoms with E-state index in [0.717, 1.165) is 44.6 Å². The summed E-state index contributed by atoms with van der Waals surface area (Å²) in [5.74, 6) is 0.623. The largest absolute Gasteiger partial charge is 0.309 e. The van der Waals surface area contributed by atoms with E-state index in [1.807, 2.05) is 30.3 Å². The van der Waals surface area contributed by atoms with Crippen LogP contribution in [0.2, 0.25) is 0 Å². The number of Topliss-reactive ketones (excluding diaryl/α,β-unsaturated/α-hetero) is 1. The summed E-state index contributed by atoms with van der Waals surface area (Å²) in [6, 6.07) is 16.4. The van der Waals surface area contributed by atoms with Gasteiger partial charge in [-0.05, 0) is 83.0 Å². The van der Waals surface area contributed by atoms with Crippen molar-refractivity contribution in [2.75, 3.05) is 40.3 Å². The van der Waals surface area contributed by atoms with E-state index in [-0.39, 0.29) is 5.92 Å². The van der Waals surface area contributed by atoms with Gasteiger partial charge in [0.1, 0.15) is 0 Å². The van der Waals surface area contributed by atoms with Crippen LogP contribution >= 0.6 is 0 Å². The van der Waals surface area contributed by atoms with Crippen molar-refractivity contribution in [2.24, 2.45) is 5.92 Å². The monoisotopic (exact) mass is 378 g/mol. The molecule has 1 aliphatic heterocycles. The van der Waals surface area contributed by atoms with E-state index in [0.29, 0.717) is 11.7 Å². The average molecular weight is 379 g/mol. The van der Waals surface area contributed by atoms with Crippen molar-refractivity contribution < 1.29 is 4.79 Å². The van der Waals surface area contributed by atoms with Gasteiger partial charge >= 0.3 is 0 Å². The second kappa shape index (κ2) is 9.49. The lowest BCUT2D eigenvalue weighted by atomic mass is 9.75. The number of aryl methyl sites for hydroxylation is 1. The number of hydrogen-bond acceptors (Lipinski definition) is 3. The van der Waals surface area contributed by atoms with Gasteiger partial charge < -0.3 is 9.80 Å². The third-order valence-electron chi connectivity index (χ3n) is 6.22. The quantitative estimate of drug-likeness (QED) is 0.661. The highest BCUT2D eigenvalue weighted by Crippen LogP contribution is 2.37. The summed E-state index contributed by atoms with van der Waals surface area (Å²) in [5, 5.41) is 0. The average Bonchev–Trinajstić information content (AvgIpc) is 2.70. The number of piperidine rings is 1. The summed E-state index contributed by atoms with van der Waals surface area (Å²) in [4.78, 5) is 18.2. The molecule has 3 nitrogen and oxygen atoms in total. The van der Waals surface area contributed by atoms with Crippen molar-refractivity contribution in [3.63, 3.8) is 0 Å². The second-order valence-corrected chi connectivity index (χ2v) is 8.48. The first kappa shape index (κ1) is 20.8. The van der Waals surface area contributed by atoms with E-state index in [2.05, 4.69) is 55.9 Å². The van der Waals surface area contributed by atoms with Crippen molar-refractivity contribution in [1.82, 2.24) is 9.80 Å². The van der Waals surface area contributed by atoms with Crippen LogP contribution in [0.15, 0.2) is 48.5 Å². The highest BCUT2D eigenvalue weighted by molar-refractivity contribution is 5.98. The third kappa shape index (κ3) is 4.89. The lowest BCUT2D eigenvalue weighted by molar-refractivity contribution is 0.0774. The number of rotatable bonds is 7.